The lowest BCUT2D eigenvalue weighted by molar-refractivity contribution is 0.482. The van der Waals surface area contributed by atoms with Crippen molar-refractivity contribution >= 4 is 53.7 Å². The first-order valence-electron chi connectivity index (χ1n) is 9.18. The summed E-state index contributed by atoms with van der Waals surface area (Å²) < 4.78 is 32.7. The van der Waals surface area contributed by atoms with Gasteiger partial charge in [-0.3, -0.25) is 14.1 Å². The van der Waals surface area contributed by atoms with Crippen LogP contribution in [-0.2, 0) is 10.1 Å². The largest absolute Gasteiger partial charge is 0.354 e. The number of H-pyrrole nitrogens is 2. The maximum Gasteiger partial charge on any atom is 0.294 e. The molecule has 0 aliphatic carbocycles. The van der Waals surface area contributed by atoms with Gasteiger partial charge >= 0.3 is 0 Å². The summed E-state index contributed by atoms with van der Waals surface area (Å²) in [6.07, 6.45) is 0. The number of hydrogen-bond donors (Lipinski definition) is 3. The zero-order valence-corrected chi connectivity index (χ0v) is 16.8. The van der Waals surface area contributed by atoms with Crippen molar-refractivity contribution in [3.8, 4) is 0 Å². The van der Waals surface area contributed by atoms with E-state index in [2.05, 4.69) is 9.97 Å². The average Bonchev–Trinajstić information content (AvgIpc) is 2.66. The fraction of sp³-hybridized carbons (Fsp3) is 0.0909. The number of hydrogen-bond acceptors (Lipinski definition) is 4. The number of aromatic nitrogens is 2. The van der Waals surface area contributed by atoms with Gasteiger partial charge in [-0.1, -0.05) is 12.1 Å². The molecule has 0 amide bonds. The Hall–Kier alpha value is -3.49. The molecule has 0 radical (unpaired) electrons. The van der Waals surface area contributed by atoms with Gasteiger partial charge in [0.25, 0.3) is 10.1 Å². The van der Waals surface area contributed by atoms with Gasteiger partial charge in [-0.2, -0.15) is 8.42 Å². The smallest absolute Gasteiger partial charge is 0.294 e. The normalized spacial score (nSPS) is 12.4. The Balaban J connectivity index is 1.97. The Labute approximate surface area is 169 Å². The molecule has 0 unspecified atom stereocenters. The molecule has 0 atom stereocenters. The van der Waals surface area contributed by atoms with E-state index in [9.17, 15) is 22.6 Å². The van der Waals surface area contributed by atoms with Crippen LogP contribution < -0.4 is 10.9 Å². The van der Waals surface area contributed by atoms with Gasteiger partial charge in [-0.25, -0.2) is 0 Å². The quantitative estimate of drug-likeness (QED) is 0.283. The minimum atomic E-state index is -4.46. The van der Waals surface area contributed by atoms with Gasteiger partial charge in [0, 0.05) is 21.5 Å². The second kappa shape index (κ2) is 6.01. The SMILES string of the molecule is Cc1cc2[nH]c3cc4c(=O)c5c(C)cccc5[nH]c4cc3c(=O)c2cc1S(=O)(=O)O. The summed E-state index contributed by atoms with van der Waals surface area (Å²) in [7, 11) is -4.46. The van der Waals surface area contributed by atoms with Crippen molar-refractivity contribution < 1.29 is 13.0 Å². The molecule has 3 aromatic carbocycles. The second-order valence-electron chi connectivity index (χ2n) is 7.49. The van der Waals surface area contributed by atoms with Crippen molar-refractivity contribution in [2.75, 3.05) is 0 Å². The van der Waals surface area contributed by atoms with Crippen molar-refractivity contribution in [1.82, 2.24) is 9.97 Å². The van der Waals surface area contributed by atoms with Crippen molar-refractivity contribution in [2.45, 2.75) is 18.7 Å². The number of pyridine rings is 2. The molecule has 5 aromatic rings. The molecule has 3 N–H and O–H groups in total. The van der Waals surface area contributed by atoms with Crippen LogP contribution in [0.1, 0.15) is 11.1 Å². The van der Waals surface area contributed by atoms with Crippen LogP contribution in [0.2, 0.25) is 0 Å². The Bertz CT molecular complexity index is 1780. The van der Waals surface area contributed by atoms with E-state index in [1.807, 2.05) is 19.1 Å². The Morgan fingerprint density at radius 1 is 0.733 bits per heavy atom. The topological polar surface area (TPSA) is 120 Å². The van der Waals surface area contributed by atoms with E-state index in [0.29, 0.717) is 43.8 Å². The monoisotopic (exact) mass is 420 g/mol. The molecule has 0 saturated carbocycles. The van der Waals surface area contributed by atoms with Gasteiger partial charge in [0.05, 0.1) is 27.0 Å². The van der Waals surface area contributed by atoms with E-state index >= 15 is 0 Å². The van der Waals surface area contributed by atoms with E-state index in [0.717, 1.165) is 5.56 Å². The maximum atomic E-state index is 13.1. The summed E-state index contributed by atoms with van der Waals surface area (Å²) in [5.41, 5.74) is 2.72. The lowest BCUT2D eigenvalue weighted by Gasteiger charge is -2.09. The molecule has 0 fully saturated rings. The molecule has 30 heavy (non-hydrogen) atoms. The Morgan fingerprint density at radius 2 is 1.30 bits per heavy atom. The van der Waals surface area contributed by atoms with Gasteiger partial charge < -0.3 is 9.97 Å². The third kappa shape index (κ3) is 2.58. The molecule has 0 aliphatic heterocycles. The van der Waals surface area contributed by atoms with Crippen molar-refractivity contribution in [3.63, 3.8) is 0 Å². The summed E-state index contributed by atoms with van der Waals surface area (Å²) in [6.45, 7) is 3.40. The van der Waals surface area contributed by atoms with E-state index in [4.69, 9.17) is 0 Å². The average molecular weight is 420 g/mol. The molecular weight excluding hydrogens is 404 g/mol. The highest BCUT2D eigenvalue weighted by Crippen LogP contribution is 2.25. The number of aromatic amines is 2. The maximum absolute atomic E-state index is 13.1. The number of rotatable bonds is 1. The Morgan fingerprint density at radius 3 is 1.97 bits per heavy atom. The molecule has 5 rings (SSSR count). The van der Waals surface area contributed by atoms with E-state index < -0.39 is 15.5 Å². The third-order valence-corrected chi connectivity index (χ3v) is 6.52. The summed E-state index contributed by atoms with van der Waals surface area (Å²) in [6, 6.07) is 11.4. The van der Waals surface area contributed by atoms with Crippen LogP contribution in [0, 0.1) is 13.8 Å². The second-order valence-corrected chi connectivity index (χ2v) is 8.88. The highest BCUT2D eigenvalue weighted by Gasteiger charge is 2.17. The first-order chi connectivity index (χ1) is 14.1. The van der Waals surface area contributed by atoms with E-state index in [1.54, 1.807) is 18.2 Å². The predicted molar refractivity (Wildman–Crippen MR) is 117 cm³/mol. The van der Waals surface area contributed by atoms with Gasteiger partial charge in [0.2, 0.25) is 0 Å². The number of aryl methyl sites for hydroxylation is 2. The predicted octanol–water partition coefficient (Wildman–Crippen LogP) is 3.54. The number of fused-ring (bicyclic) bond motifs is 4. The highest BCUT2D eigenvalue weighted by atomic mass is 32.2. The minimum absolute atomic E-state index is 0.127. The molecule has 0 spiro atoms. The van der Waals surface area contributed by atoms with Crippen molar-refractivity contribution in [2.24, 2.45) is 0 Å². The molecule has 2 aromatic heterocycles. The Kier molecular flexibility index (Phi) is 3.71. The molecule has 150 valence electrons. The lowest BCUT2D eigenvalue weighted by atomic mass is 10.0. The summed E-state index contributed by atoms with van der Waals surface area (Å²) >= 11 is 0. The third-order valence-electron chi connectivity index (χ3n) is 5.52. The molecule has 0 saturated heterocycles. The van der Waals surface area contributed by atoms with Gasteiger partial charge in [0.1, 0.15) is 0 Å². The first kappa shape index (κ1) is 18.5. The summed E-state index contributed by atoms with van der Waals surface area (Å²) in [5.74, 6) is 0. The van der Waals surface area contributed by atoms with E-state index in [1.165, 1.54) is 19.1 Å². The van der Waals surface area contributed by atoms with Crippen molar-refractivity contribution in [1.29, 1.82) is 0 Å². The number of nitrogens with one attached hydrogen (secondary N) is 2. The van der Waals surface area contributed by atoms with Crippen LogP contribution >= 0.6 is 0 Å². The number of benzene rings is 3. The fourth-order valence-electron chi connectivity index (χ4n) is 4.08. The summed E-state index contributed by atoms with van der Waals surface area (Å²) in [4.78, 5) is 32.3. The fourth-order valence-corrected chi connectivity index (χ4v) is 4.82. The minimum Gasteiger partial charge on any atom is -0.354 e. The first-order valence-corrected chi connectivity index (χ1v) is 10.6. The molecule has 8 heteroatoms. The van der Waals surface area contributed by atoms with Crippen LogP contribution in [0.5, 0.6) is 0 Å². The standard InChI is InChI=1S/C22H16N2O5S/c1-10-4-3-5-15-20(10)22(26)13-8-17-12(7-18(13)23-15)21(25)14-9-19(30(27,28)29)11(2)6-16(14)24-17/h3-9H,1-2H3,(H,23,26)(H,24,25)(H,27,28,29). The highest BCUT2D eigenvalue weighted by molar-refractivity contribution is 7.85. The zero-order valence-electron chi connectivity index (χ0n) is 16.0. The molecule has 7 nitrogen and oxygen atoms in total. The lowest BCUT2D eigenvalue weighted by Crippen LogP contribution is -2.10. The summed E-state index contributed by atoms with van der Waals surface area (Å²) in [5, 5.41) is 1.49. The van der Waals surface area contributed by atoms with E-state index in [-0.39, 0.29) is 15.7 Å². The van der Waals surface area contributed by atoms with Gasteiger partial charge in [-0.15, -0.1) is 0 Å². The van der Waals surface area contributed by atoms with Crippen LogP contribution in [0.15, 0.2) is 56.9 Å². The van der Waals surface area contributed by atoms with Crippen LogP contribution in [0.3, 0.4) is 0 Å². The zero-order chi connectivity index (χ0) is 21.4. The molecule has 0 aliphatic rings. The van der Waals surface area contributed by atoms with Crippen LogP contribution in [0.4, 0.5) is 0 Å². The van der Waals surface area contributed by atoms with Crippen molar-refractivity contribution in [3.05, 3.63) is 74.0 Å². The molecular formula is C22H16N2O5S. The van der Waals surface area contributed by atoms with Gasteiger partial charge in [0.15, 0.2) is 10.9 Å². The molecule has 2 heterocycles. The van der Waals surface area contributed by atoms with Gasteiger partial charge in [-0.05, 0) is 55.3 Å². The van der Waals surface area contributed by atoms with Crippen LogP contribution in [0.25, 0.3) is 43.6 Å². The molecule has 0 bridgehead atoms. The van der Waals surface area contributed by atoms with Crippen LogP contribution in [-0.4, -0.2) is 22.9 Å².